The molecular weight excluding hydrogens is 437 g/mol. The van der Waals surface area contributed by atoms with Gasteiger partial charge < -0.3 is 20.1 Å². The number of nitrogens with one attached hydrogen (secondary N) is 2. The van der Waals surface area contributed by atoms with E-state index in [1.165, 1.54) is 24.4 Å². The summed E-state index contributed by atoms with van der Waals surface area (Å²) in [4.78, 5) is 22.0. The molecule has 0 saturated carbocycles. The lowest BCUT2D eigenvalue weighted by Gasteiger charge is -2.15. The van der Waals surface area contributed by atoms with E-state index in [1.54, 1.807) is 7.05 Å². The van der Waals surface area contributed by atoms with E-state index in [0.29, 0.717) is 18.4 Å². The Labute approximate surface area is 180 Å². The van der Waals surface area contributed by atoms with Crippen molar-refractivity contribution < 1.29 is 23.0 Å². The molecule has 1 saturated heterocycles. The van der Waals surface area contributed by atoms with Crippen LogP contribution in [0.2, 0.25) is 5.02 Å². The van der Waals surface area contributed by atoms with Crippen molar-refractivity contribution in [1.82, 2.24) is 15.0 Å². The number of rotatable bonds is 2. The Balaban J connectivity index is 0.000000330. The van der Waals surface area contributed by atoms with E-state index >= 15 is 0 Å². The van der Waals surface area contributed by atoms with Gasteiger partial charge in [-0.1, -0.05) is 17.7 Å². The molecule has 0 aliphatic carbocycles. The monoisotopic (exact) mass is 456 g/mol. The quantitative estimate of drug-likeness (QED) is 0.541. The molecule has 3 aromatic rings. The van der Waals surface area contributed by atoms with Gasteiger partial charge in [-0.25, -0.2) is 9.97 Å². The number of aromatic nitrogens is 3. The second-order valence-electron chi connectivity index (χ2n) is 6.80. The van der Waals surface area contributed by atoms with E-state index in [2.05, 4.69) is 20.3 Å². The highest BCUT2D eigenvalue weighted by molar-refractivity contribution is 6.33. The fraction of sp³-hybridized carbons (Fsp3) is 0.350. The average Bonchev–Trinajstić information content (AvgIpc) is 2.74. The van der Waals surface area contributed by atoms with Crippen molar-refractivity contribution in [3.63, 3.8) is 0 Å². The van der Waals surface area contributed by atoms with Crippen molar-refractivity contribution in [2.24, 2.45) is 0 Å². The second-order valence-corrected chi connectivity index (χ2v) is 7.21. The molecule has 0 amide bonds. The maximum atomic E-state index is 13.2. The van der Waals surface area contributed by atoms with Crippen LogP contribution in [0.4, 0.5) is 19.1 Å². The van der Waals surface area contributed by atoms with Crippen molar-refractivity contribution in [3.8, 4) is 11.3 Å². The molecule has 3 heterocycles. The Bertz CT molecular complexity index is 1120. The van der Waals surface area contributed by atoms with Gasteiger partial charge >= 0.3 is 6.18 Å². The number of nitrogens with zero attached hydrogens (tertiary/aromatic N) is 2. The molecule has 0 radical (unpaired) electrons. The fourth-order valence-corrected chi connectivity index (χ4v) is 3.25. The molecular formula is C20H20ClF3N4O3. The molecule has 1 aromatic carbocycles. The summed E-state index contributed by atoms with van der Waals surface area (Å²) >= 11 is 6.06. The minimum atomic E-state index is -4.60. The molecule has 1 unspecified atom stereocenters. The molecule has 0 bridgehead atoms. The van der Waals surface area contributed by atoms with Crippen LogP contribution in [0.5, 0.6) is 0 Å². The smallest absolute Gasteiger partial charge is 0.391 e. The summed E-state index contributed by atoms with van der Waals surface area (Å²) in [6.07, 6.45) is -0.848. The van der Waals surface area contributed by atoms with Crippen molar-refractivity contribution in [2.75, 3.05) is 25.6 Å². The SMILES string of the molecule is CNc1ncc(Cl)c(-c2ccc3c(=O)[nH]cc(C(F)(F)F)c3c2)n1.OC1CCCOC1. The van der Waals surface area contributed by atoms with Crippen molar-refractivity contribution in [1.29, 1.82) is 0 Å². The van der Waals surface area contributed by atoms with Crippen LogP contribution in [0.3, 0.4) is 0 Å². The van der Waals surface area contributed by atoms with Crippen LogP contribution in [-0.2, 0) is 10.9 Å². The van der Waals surface area contributed by atoms with Gasteiger partial charge in [0.2, 0.25) is 5.95 Å². The number of halogens is 4. The van der Waals surface area contributed by atoms with Crippen LogP contribution in [0.1, 0.15) is 18.4 Å². The number of benzene rings is 1. The van der Waals surface area contributed by atoms with Gasteiger partial charge in [0.15, 0.2) is 0 Å². The first-order valence-corrected chi connectivity index (χ1v) is 9.77. The Morgan fingerprint density at radius 3 is 2.68 bits per heavy atom. The summed E-state index contributed by atoms with van der Waals surface area (Å²) < 4.78 is 44.5. The maximum absolute atomic E-state index is 13.2. The first-order valence-electron chi connectivity index (χ1n) is 9.40. The number of hydrogen-bond donors (Lipinski definition) is 3. The minimum Gasteiger partial charge on any atom is -0.391 e. The Morgan fingerprint density at radius 2 is 2.10 bits per heavy atom. The zero-order chi connectivity index (χ0) is 22.6. The summed E-state index contributed by atoms with van der Waals surface area (Å²) in [5, 5.41) is 11.4. The van der Waals surface area contributed by atoms with Crippen LogP contribution in [0.15, 0.2) is 35.4 Å². The molecule has 4 rings (SSSR count). The zero-order valence-electron chi connectivity index (χ0n) is 16.5. The third-order valence-electron chi connectivity index (χ3n) is 4.58. The van der Waals surface area contributed by atoms with Crippen LogP contribution >= 0.6 is 11.6 Å². The van der Waals surface area contributed by atoms with Crippen molar-refractivity contribution in [2.45, 2.75) is 25.1 Å². The Kier molecular flexibility index (Phi) is 7.14. The van der Waals surface area contributed by atoms with Crippen molar-refractivity contribution in [3.05, 3.63) is 51.5 Å². The molecule has 1 aliphatic heterocycles. The highest BCUT2D eigenvalue weighted by Crippen LogP contribution is 2.35. The molecule has 166 valence electrons. The third kappa shape index (κ3) is 5.52. The van der Waals surface area contributed by atoms with Crippen molar-refractivity contribution >= 4 is 28.3 Å². The summed E-state index contributed by atoms with van der Waals surface area (Å²) in [5.74, 6) is 0.274. The van der Waals surface area contributed by atoms with E-state index in [1.807, 2.05) is 0 Å². The number of H-pyrrole nitrogens is 1. The first-order chi connectivity index (χ1) is 14.7. The molecule has 0 spiro atoms. The molecule has 1 atom stereocenters. The summed E-state index contributed by atoms with van der Waals surface area (Å²) in [6.45, 7) is 1.37. The fourth-order valence-electron chi connectivity index (χ4n) is 3.05. The molecule has 2 aromatic heterocycles. The minimum absolute atomic E-state index is 0.0624. The topological polar surface area (TPSA) is 100 Å². The maximum Gasteiger partial charge on any atom is 0.418 e. The summed E-state index contributed by atoms with van der Waals surface area (Å²) in [7, 11) is 1.61. The predicted molar refractivity (Wildman–Crippen MR) is 111 cm³/mol. The lowest BCUT2D eigenvalue weighted by Crippen LogP contribution is -2.21. The van der Waals surface area contributed by atoms with E-state index in [-0.39, 0.29) is 33.5 Å². The number of aliphatic hydroxyl groups is 1. The normalized spacial score (nSPS) is 16.5. The van der Waals surface area contributed by atoms with Gasteiger partial charge in [0.25, 0.3) is 5.56 Å². The van der Waals surface area contributed by atoms with Gasteiger partial charge in [0, 0.05) is 36.2 Å². The lowest BCUT2D eigenvalue weighted by molar-refractivity contribution is -0.136. The number of aromatic amines is 1. The van der Waals surface area contributed by atoms with Gasteiger partial charge in [-0.2, -0.15) is 13.2 Å². The summed E-state index contributed by atoms with van der Waals surface area (Å²) in [6, 6.07) is 4.06. The molecule has 11 heteroatoms. The largest absolute Gasteiger partial charge is 0.418 e. The third-order valence-corrected chi connectivity index (χ3v) is 4.86. The van der Waals surface area contributed by atoms with E-state index in [9.17, 15) is 18.0 Å². The Morgan fingerprint density at radius 1 is 1.32 bits per heavy atom. The number of alkyl halides is 3. The number of hydrogen-bond acceptors (Lipinski definition) is 6. The zero-order valence-corrected chi connectivity index (χ0v) is 17.2. The number of ether oxygens (including phenoxy) is 1. The van der Waals surface area contributed by atoms with Crippen LogP contribution in [0.25, 0.3) is 22.0 Å². The van der Waals surface area contributed by atoms with Gasteiger partial charge in [-0.15, -0.1) is 0 Å². The molecule has 7 nitrogen and oxygen atoms in total. The number of fused-ring (bicyclic) bond motifs is 1. The van der Waals surface area contributed by atoms with Crippen LogP contribution in [-0.4, -0.2) is 46.4 Å². The molecule has 1 aliphatic rings. The van der Waals surface area contributed by atoms with Gasteiger partial charge in [-0.3, -0.25) is 4.79 Å². The molecule has 3 N–H and O–H groups in total. The molecule has 1 fully saturated rings. The van der Waals surface area contributed by atoms with E-state index in [0.717, 1.165) is 19.4 Å². The van der Waals surface area contributed by atoms with E-state index in [4.69, 9.17) is 21.4 Å². The predicted octanol–water partition coefficient (Wildman–Crippen LogP) is 3.86. The van der Waals surface area contributed by atoms with Gasteiger partial charge in [-0.05, 0) is 25.0 Å². The highest BCUT2D eigenvalue weighted by atomic mass is 35.5. The first kappa shape index (κ1) is 23.0. The van der Waals surface area contributed by atoms with Crippen LogP contribution < -0.4 is 10.9 Å². The standard InChI is InChI=1S/C15H10ClF3N4O.C5H10O2/c1-20-14-22-6-11(16)12(23-14)7-2-3-8-9(4-7)10(15(17,18)19)5-21-13(8)24;6-5-2-1-3-7-4-5/h2-6H,1H3,(H,21,24)(H,20,22,23);5-6H,1-4H2. The summed E-state index contributed by atoms with van der Waals surface area (Å²) in [5.41, 5.74) is -0.916. The molecule has 31 heavy (non-hydrogen) atoms. The van der Waals surface area contributed by atoms with Gasteiger partial charge in [0.1, 0.15) is 0 Å². The van der Waals surface area contributed by atoms with Gasteiger partial charge in [0.05, 0.1) is 35.2 Å². The highest BCUT2D eigenvalue weighted by Gasteiger charge is 2.33. The van der Waals surface area contributed by atoms with E-state index < -0.39 is 17.3 Å². The second kappa shape index (κ2) is 9.63. The Hall–Kier alpha value is -2.69. The number of aliphatic hydroxyl groups excluding tert-OH is 1. The van der Waals surface area contributed by atoms with Crippen LogP contribution in [0, 0.1) is 0 Å². The number of anilines is 1. The lowest BCUT2D eigenvalue weighted by atomic mass is 10.0. The average molecular weight is 457 g/mol. The number of pyridine rings is 1.